The summed E-state index contributed by atoms with van der Waals surface area (Å²) in [6.45, 7) is 4.85. The number of furan rings is 1. The highest BCUT2D eigenvalue weighted by Crippen LogP contribution is 2.11. The van der Waals surface area contributed by atoms with E-state index in [2.05, 4.69) is 12.2 Å². The van der Waals surface area contributed by atoms with Gasteiger partial charge in [0.2, 0.25) is 0 Å². The van der Waals surface area contributed by atoms with Crippen LogP contribution in [0.15, 0.2) is 23.0 Å². The van der Waals surface area contributed by atoms with E-state index in [4.69, 9.17) is 9.52 Å². The Morgan fingerprint density at radius 1 is 1.50 bits per heavy atom. The topological polar surface area (TPSA) is 45.4 Å². The van der Waals surface area contributed by atoms with Crippen LogP contribution in [0.5, 0.6) is 0 Å². The van der Waals surface area contributed by atoms with Crippen LogP contribution in [-0.4, -0.2) is 17.8 Å². The summed E-state index contributed by atoms with van der Waals surface area (Å²) in [5.74, 6) is 0. The van der Waals surface area contributed by atoms with Gasteiger partial charge in [-0.15, -0.1) is 0 Å². The summed E-state index contributed by atoms with van der Waals surface area (Å²) in [6.07, 6.45) is 5.10. The molecule has 1 heterocycles. The predicted octanol–water partition coefficient (Wildman–Crippen LogP) is 2.09. The Balaban J connectivity index is 2.13. The third-order valence-corrected chi connectivity index (χ3v) is 2.29. The van der Waals surface area contributed by atoms with E-state index in [1.165, 1.54) is 5.56 Å². The molecule has 0 aliphatic rings. The molecule has 0 aliphatic carbocycles. The summed E-state index contributed by atoms with van der Waals surface area (Å²) < 4.78 is 5.00. The van der Waals surface area contributed by atoms with Crippen LogP contribution < -0.4 is 5.32 Å². The van der Waals surface area contributed by atoms with Gasteiger partial charge in [-0.25, -0.2) is 0 Å². The molecule has 1 aromatic heterocycles. The Morgan fingerprint density at radius 3 is 2.86 bits per heavy atom. The molecule has 0 aliphatic heterocycles. The van der Waals surface area contributed by atoms with Gasteiger partial charge in [0.05, 0.1) is 18.6 Å². The van der Waals surface area contributed by atoms with Crippen molar-refractivity contribution in [2.75, 3.05) is 6.54 Å². The van der Waals surface area contributed by atoms with E-state index in [1.54, 1.807) is 12.5 Å². The first-order chi connectivity index (χ1) is 6.70. The van der Waals surface area contributed by atoms with Crippen molar-refractivity contribution in [1.29, 1.82) is 0 Å². The average Bonchev–Trinajstić information content (AvgIpc) is 2.64. The first-order valence-electron chi connectivity index (χ1n) is 5.13. The lowest BCUT2D eigenvalue weighted by Crippen LogP contribution is -2.20. The molecule has 2 N–H and O–H groups in total. The van der Waals surface area contributed by atoms with E-state index in [9.17, 15) is 0 Å². The minimum atomic E-state index is -0.193. The molecule has 2 atom stereocenters. The molecule has 80 valence electrons. The van der Waals surface area contributed by atoms with Crippen molar-refractivity contribution < 1.29 is 9.52 Å². The SMILES string of the molecule is CC(O)CCCNC(C)c1ccoc1. The highest BCUT2D eigenvalue weighted by molar-refractivity contribution is 5.09. The number of aliphatic hydroxyl groups excluding tert-OH is 1. The van der Waals surface area contributed by atoms with Gasteiger partial charge in [-0.1, -0.05) is 0 Å². The molecular weight excluding hydrogens is 178 g/mol. The van der Waals surface area contributed by atoms with Crippen LogP contribution >= 0.6 is 0 Å². The van der Waals surface area contributed by atoms with Crippen LogP contribution in [0, 0.1) is 0 Å². The number of rotatable bonds is 6. The second kappa shape index (κ2) is 5.83. The largest absolute Gasteiger partial charge is 0.472 e. The lowest BCUT2D eigenvalue weighted by atomic mass is 10.1. The summed E-state index contributed by atoms with van der Waals surface area (Å²) >= 11 is 0. The molecule has 0 saturated carbocycles. The van der Waals surface area contributed by atoms with E-state index >= 15 is 0 Å². The summed E-state index contributed by atoms with van der Waals surface area (Å²) in [5.41, 5.74) is 1.17. The van der Waals surface area contributed by atoms with Crippen molar-refractivity contribution >= 4 is 0 Å². The Bertz CT molecular complexity index is 231. The number of aliphatic hydroxyl groups is 1. The van der Waals surface area contributed by atoms with Crippen LogP contribution in [0.2, 0.25) is 0 Å². The van der Waals surface area contributed by atoms with E-state index in [-0.39, 0.29) is 6.10 Å². The number of hydrogen-bond acceptors (Lipinski definition) is 3. The third-order valence-electron chi connectivity index (χ3n) is 2.29. The van der Waals surface area contributed by atoms with E-state index in [0.717, 1.165) is 19.4 Å². The molecule has 0 bridgehead atoms. The van der Waals surface area contributed by atoms with E-state index in [1.807, 2.05) is 13.0 Å². The van der Waals surface area contributed by atoms with Crippen molar-refractivity contribution in [3.63, 3.8) is 0 Å². The maximum Gasteiger partial charge on any atom is 0.0950 e. The maximum absolute atomic E-state index is 9.06. The summed E-state index contributed by atoms with van der Waals surface area (Å²) in [7, 11) is 0. The van der Waals surface area contributed by atoms with E-state index in [0.29, 0.717) is 6.04 Å². The monoisotopic (exact) mass is 197 g/mol. The second-order valence-corrected chi connectivity index (χ2v) is 3.72. The first-order valence-corrected chi connectivity index (χ1v) is 5.13. The molecule has 1 aromatic rings. The van der Waals surface area contributed by atoms with Crippen molar-refractivity contribution in [2.24, 2.45) is 0 Å². The zero-order chi connectivity index (χ0) is 10.4. The summed E-state index contributed by atoms with van der Waals surface area (Å²) in [6, 6.07) is 2.29. The van der Waals surface area contributed by atoms with Gasteiger partial charge in [0.25, 0.3) is 0 Å². The molecule has 3 heteroatoms. The second-order valence-electron chi connectivity index (χ2n) is 3.72. The fraction of sp³-hybridized carbons (Fsp3) is 0.636. The third kappa shape index (κ3) is 3.94. The standard InChI is InChI=1S/C11H19NO2/c1-9(13)4-3-6-12-10(2)11-5-7-14-8-11/h5,7-10,12-13H,3-4,6H2,1-2H3. The van der Waals surface area contributed by atoms with Crippen molar-refractivity contribution in [3.8, 4) is 0 Å². The zero-order valence-corrected chi connectivity index (χ0v) is 8.86. The average molecular weight is 197 g/mol. The van der Waals surface area contributed by atoms with E-state index < -0.39 is 0 Å². The van der Waals surface area contributed by atoms with Crippen LogP contribution in [0.25, 0.3) is 0 Å². The molecule has 0 aromatic carbocycles. The minimum Gasteiger partial charge on any atom is -0.472 e. The Kier molecular flexibility index (Phi) is 4.70. The lowest BCUT2D eigenvalue weighted by molar-refractivity contribution is 0.181. The van der Waals surface area contributed by atoms with Crippen molar-refractivity contribution in [2.45, 2.75) is 38.8 Å². The van der Waals surface area contributed by atoms with Crippen molar-refractivity contribution in [3.05, 3.63) is 24.2 Å². The molecule has 2 unspecified atom stereocenters. The molecule has 0 saturated heterocycles. The van der Waals surface area contributed by atoms with Gasteiger partial charge in [-0.05, 0) is 39.3 Å². The molecule has 14 heavy (non-hydrogen) atoms. The normalized spacial score (nSPS) is 15.4. The maximum atomic E-state index is 9.06. The number of hydrogen-bond donors (Lipinski definition) is 2. The predicted molar refractivity (Wildman–Crippen MR) is 56.0 cm³/mol. The molecule has 1 rings (SSSR count). The first kappa shape index (κ1) is 11.3. The molecule has 0 radical (unpaired) electrons. The molecular formula is C11H19NO2. The smallest absolute Gasteiger partial charge is 0.0950 e. The van der Waals surface area contributed by atoms with Crippen LogP contribution in [-0.2, 0) is 0 Å². The summed E-state index contributed by atoms with van der Waals surface area (Å²) in [5, 5.41) is 12.4. The quantitative estimate of drug-likeness (QED) is 0.686. The molecule has 0 spiro atoms. The zero-order valence-electron chi connectivity index (χ0n) is 8.86. The fourth-order valence-electron chi connectivity index (χ4n) is 1.36. The molecule has 3 nitrogen and oxygen atoms in total. The highest BCUT2D eigenvalue weighted by Gasteiger charge is 2.05. The highest BCUT2D eigenvalue weighted by atomic mass is 16.3. The van der Waals surface area contributed by atoms with Gasteiger partial charge < -0.3 is 14.8 Å². The van der Waals surface area contributed by atoms with Gasteiger partial charge in [-0.2, -0.15) is 0 Å². The molecule has 0 amide bonds. The van der Waals surface area contributed by atoms with Crippen LogP contribution in [0.1, 0.15) is 38.3 Å². The lowest BCUT2D eigenvalue weighted by Gasteiger charge is -2.12. The van der Waals surface area contributed by atoms with Gasteiger partial charge in [0, 0.05) is 11.6 Å². The van der Waals surface area contributed by atoms with Gasteiger partial charge in [-0.3, -0.25) is 0 Å². The molecule has 0 fully saturated rings. The van der Waals surface area contributed by atoms with Crippen LogP contribution in [0.4, 0.5) is 0 Å². The van der Waals surface area contributed by atoms with Crippen molar-refractivity contribution in [1.82, 2.24) is 5.32 Å². The Morgan fingerprint density at radius 2 is 2.29 bits per heavy atom. The van der Waals surface area contributed by atoms with Gasteiger partial charge in [0.15, 0.2) is 0 Å². The Hall–Kier alpha value is -0.800. The Labute approximate surface area is 85.1 Å². The van der Waals surface area contributed by atoms with Gasteiger partial charge >= 0.3 is 0 Å². The fourth-order valence-corrected chi connectivity index (χ4v) is 1.36. The van der Waals surface area contributed by atoms with Gasteiger partial charge in [0.1, 0.15) is 0 Å². The minimum absolute atomic E-state index is 0.193. The number of nitrogens with one attached hydrogen (secondary N) is 1. The van der Waals surface area contributed by atoms with Crippen LogP contribution in [0.3, 0.4) is 0 Å². The summed E-state index contributed by atoms with van der Waals surface area (Å²) in [4.78, 5) is 0.